The zero-order valence-electron chi connectivity index (χ0n) is 13.9. The van der Waals surface area contributed by atoms with Gasteiger partial charge in [0.2, 0.25) is 5.91 Å². The molecule has 0 unspecified atom stereocenters. The summed E-state index contributed by atoms with van der Waals surface area (Å²) in [5, 5.41) is 0. The third-order valence-corrected chi connectivity index (χ3v) is 3.54. The summed E-state index contributed by atoms with van der Waals surface area (Å²) in [6.45, 7) is 4.15. The molecule has 0 aliphatic heterocycles. The Morgan fingerprint density at radius 3 is 2.57 bits per heavy atom. The topological polar surface area (TPSA) is 29.5 Å². The second kappa shape index (κ2) is 8.79. The largest absolute Gasteiger partial charge is 0.493 e. The monoisotopic (exact) mass is 331 g/mol. The number of amides is 1. The summed E-state index contributed by atoms with van der Waals surface area (Å²) >= 11 is 0. The van der Waals surface area contributed by atoms with Gasteiger partial charge < -0.3 is 9.64 Å². The normalized spacial score (nSPS) is 11.4. The van der Waals surface area contributed by atoms with E-state index in [1.54, 1.807) is 0 Å². The van der Waals surface area contributed by atoms with Gasteiger partial charge in [-0.25, -0.2) is 0 Å². The number of nitrogens with zero attached hydrogens (tertiary/aromatic N) is 1. The fourth-order valence-corrected chi connectivity index (χ4v) is 2.03. The van der Waals surface area contributed by atoms with Crippen LogP contribution in [0.25, 0.3) is 0 Å². The molecular weight excluding hydrogens is 307 g/mol. The van der Waals surface area contributed by atoms with Crippen molar-refractivity contribution in [1.29, 1.82) is 0 Å². The number of unbranched alkanes of at least 4 members (excludes halogenated alkanes) is 1. The Hall–Kier alpha value is -1.72. The van der Waals surface area contributed by atoms with Gasteiger partial charge in [0.15, 0.2) is 0 Å². The SMILES string of the molecule is Cc1ccc(C)c(OCCCCC(=O)N(C)CCC(F)(F)F)c1. The number of hydrogen-bond acceptors (Lipinski definition) is 2. The molecule has 6 heteroatoms. The number of carbonyl (C=O) groups is 1. The smallest absolute Gasteiger partial charge is 0.390 e. The second-order valence-electron chi connectivity index (χ2n) is 5.75. The van der Waals surface area contributed by atoms with Gasteiger partial charge in [0.1, 0.15) is 5.75 Å². The molecule has 0 spiro atoms. The molecule has 0 heterocycles. The van der Waals surface area contributed by atoms with Gasteiger partial charge in [0.25, 0.3) is 0 Å². The van der Waals surface area contributed by atoms with Crippen LogP contribution in [0.4, 0.5) is 13.2 Å². The minimum Gasteiger partial charge on any atom is -0.493 e. The Kier molecular flexibility index (Phi) is 7.39. The molecular formula is C17H24F3NO2. The van der Waals surface area contributed by atoms with Crippen LogP contribution >= 0.6 is 0 Å². The molecule has 0 aromatic heterocycles. The Labute approximate surface area is 135 Å². The first-order chi connectivity index (χ1) is 10.7. The molecule has 1 rings (SSSR count). The van der Waals surface area contributed by atoms with Crippen molar-refractivity contribution in [2.45, 2.75) is 45.7 Å². The van der Waals surface area contributed by atoms with Crippen LogP contribution in [0.3, 0.4) is 0 Å². The van der Waals surface area contributed by atoms with Crippen LogP contribution in [0.2, 0.25) is 0 Å². The maximum Gasteiger partial charge on any atom is 0.390 e. The predicted octanol–water partition coefficient (Wildman–Crippen LogP) is 4.26. The number of rotatable bonds is 8. The molecule has 0 bridgehead atoms. The summed E-state index contributed by atoms with van der Waals surface area (Å²) in [5.74, 6) is 0.569. The summed E-state index contributed by atoms with van der Waals surface area (Å²) in [5.41, 5.74) is 2.17. The van der Waals surface area contributed by atoms with Gasteiger partial charge in [-0.15, -0.1) is 0 Å². The van der Waals surface area contributed by atoms with Gasteiger partial charge in [0.05, 0.1) is 13.0 Å². The minimum absolute atomic E-state index is 0.241. The number of carbonyl (C=O) groups excluding carboxylic acids is 1. The van der Waals surface area contributed by atoms with E-state index in [1.807, 2.05) is 32.0 Å². The first-order valence-electron chi connectivity index (χ1n) is 7.70. The molecule has 23 heavy (non-hydrogen) atoms. The van der Waals surface area contributed by atoms with Crippen molar-refractivity contribution in [3.8, 4) is 5.75 Å². The fourth-order valence-electron chi connectivity index (χ4n) is 2.03. The highest BCUT2D eigenvalue weighted by atomic mass is 19.4. The molecule has 3 nitrogen and oxygen atoms in total. The van der Waals surface area contributed by atoms with Crippen LogP contribution in [-0.2, 0) is 4.79 Å². The number of ether oxygens (including phenoxy) is 1. The van der Waals surface area contributed by atoms with Crippen molar-refractivity contribution < 1.29 is 22.7 Å². The van der Waals surface area contributed by atoms with Crippen LogP contribution in [0.5, 0.6) is 5.75 Å². The van der Waals surface area contributed by atoms with E-state index in [0.29, 0.717) is 19.4 Å². The second-order valence-corrected chi connectivity index (χ2v) is 5.75. The number of benzene rings is 1. The highest BCUT2D eigenvalue weighted by molar-refractivity contribution is 5.75. The molecule has 0 aliphatic carbocycles. The lowest BCUT2D eigenvalue weighted by atomic mass is 10.1. The molecule has 0 fully saturated rings. The van der Waals surface area contributed by atoms with E-state index in [1.165, 1.54) is 7.05 Å². The highest BCUT2D eigenvalue weighted by Crippen LogP contribution is 2.20. The predicted molar refractivity (Wildman–Crippen MR) is 83.6 cm³/mol. The van der Waals surface area contributed by atoms with Gasteiger partial charge in [-0.1, -0.05) is 12.1 Å². The van der Waals surface area contributed by atoms with Crippen LogP contribution in [0, 0.1) is 13.8 Å². The first kappa shape index (κ1) is 19.3. The molecule has 1 aromatic carbocycles. The van der Waals surface area contributed by atoms with Crippen molar-refractivity contribution in [2.75, 3.05) is 20.2 Å². The lowest BCUT2D eigenvalue weighted by Gasteiger charge is -2.18. The van der Waals surface area contributed by atoms with Crippen LogP contribution in [-0.4, -0.2) is 37.2 Å². The lowest BCUT2D eigenvalue weighted by molar-refractivity contribution is -0.144. The van der Waals surface area contributed by atoms with Crippen LogP contribution in [0.15, 0.2) is 18.2 Å². The third kappa shape index (κ3) is 7.90. The molecule has 130 valence electrons. The van der Waals surface area contributed by atoms with E-state index in [9.17, 15) is 18.0 Å². The van der Waals surface area contributed by atoms with Crippen molar-refractivity contribution in [3.63, 3.8) is 0 Å². The van der Waals surface area contributed by atoms with E-state index in [2.05, 4.69) is 0 Å². The maximum atomic E-state index is 12.1. The van der Waals surface area contributed by atoms with Crippen molar-refractivity contribution in [1.82, 2.24) is 4.90 Å². The van der Waals surface area contributed by atoms with Crippen molar-refractivity contribution in [2.24, 2.45) is 0 Å². The minimum atomic E-state index is -4.23. The van der Waals surface area contributed by atoms with Crippen LogP contribution < -0.4 is 4.74 Å². The zero-order chi connectivity index (χ0) is 17.5. The van der Waals surface area contributed by atoms with Gasteiger partial charge in [-0.05, 0) is 43.9 Å². The molecule has 0 aliphatic rings. The Morgan fingerprint density at radius 1 is 1.22 bits per heavy atom. The van der Waals surface area contributed by atoms with E-state index in [-0.39, 0.29) is 18.9 Å². The van der Waals surface area contributed by atoms with E-state index in [4.69, 9.17) is 4.74 Å². The van der Waals surface area contributed by atoms with E-state index in [0.717, 1.165) is 21.8 Å². The van der Waals surface area contributed by atoms with E-state index < -0.39 is 12.6 Å². The molecule has 0 atom stereocenters. The van der Waals surface area contributed by atoms with Gasteiger partial charge in [-0.3, -0.25) is 4.79 Å². The number of halogens is 3. The Balaban J connectivity index is 2.21. The summed E-state index contributed by atoms with van der Waals surface area (Å²) < 4.78 is 42.0. The Morgan fingerprint density at radius 2 is 1.91 bits per heavy atom. The fraction of sp³-hybridized carbons (Fsp3) is 0.588. The van der Waals surface area contributed by atoms with Crippen molar-refractivity contribution >= 4 is 5.91 Å². The average Bonchev–Trinajstić information content (AvgIpc) is 2.46. The summed E-state index contributed by atoms with van der Waals surface area (Å²) in [6.07, 6.45) is -3.67. The summed E-state index contributed by atoms with van der Waals surface area (Å²) in [7, 11) is 1.40. The third-order valence-electron chi connectivity index (χ3n) is 3.54. The molecule has 0 saturated carbocycles. The summed E-state index contributed by atoms with van der Waals surface area (Å²) in [6, 6.07) is 5.97. The molecule has 0 radical (unpaired) electrons. The Bertz CT molecular complexity index is 515. The van der Waals surface area contributed by atoms with E-state index >= 15 is 0 Å². The average molecular weight is 331 g/mol. The van der Waals surface area contributed by atoms with Gasteiger partial charge >= 0.3 is 6.18 Å². The first-order valence-corrected chi connectivity index (χ1v) is 7.70. The standard InChI is InChI=1S/C17H24F3NO2/c1-13-7-8-14(2)15(12-13)23-11-5-4-6-16(22)21(3)10-9-17(18,19)20/h7-8,12H,4-6,9-11H2,1-3H3. The molecule has 0 N–H and O–H groups in total. The van der Waals surface area contributed by atoms with Gasteiger partial charge in [0, 0.05) is 20.0 Å². The van der Waals surface area contributed by atoms with Gasteiger partial charge in [-0.2, -0.15) is 13.2 Å². The molecule has 0 saturated heterocycles. The quantitative estimate of drug-likeness (QED) is 0.666. The zero-order valence-corrected chi connectivity index (χ0v) is 13.9. The lowest BCUT2D eigenvalue weighted by Crippen LogP contribution is -2.30. The van der Waals surface area contributed by atoms with Crippen molar-refractivity contribution in [3.05, 3.63) is 29.3 Å². The molecule has 1 aromatic rings. The number of aryl methyl sites for hydroxylation is 2. The summed E-state index contributed by atoms with van der Waals surface area (Å²) in [4.78, 5) is 12.8. The number of alkyl halides is 3. The maximum absolute atomic E-state index is 12.1. The molecule has 1 amide bonds. The van der Waals surface area contributed by atoms with Crippen LogP contribution in [0.1, 0.15) is 36.8 Å². The highest BCUT2D eigenvalue weighted by Gasteiger charge is 2.27. The number of hydrogen-bond donors (Lipinski definition) is 0.